The van der Waals surface area contributed by atoms with Crippen molar-refractivity contribution in [1.82, 2.24) is 10.2 Å². The third-order valence-corrected chi connectivity index (χ3v) is 2.78. The summed E-state index contributed by atoms with van der Waals surface area (Å²) in [6.07, 6.45) is 0. The molecule has 0 bridgehead atoms. The van der Waals surface area contributed by atoms with E-state index < -0.39 is 17.3 Å². The van der Waals surface area contributed by atoms with Crippen molar-refractivity contribution >= 4 is 0 Å². The molecule has 0 saturated carbocycles. The summed E-state index contributed by atoms with van der Waals surface area (Å²) in [5.41, 5.74) is 0.414. The van der Waals surface area contributed by atoms with Gasteiger partial charge in [-0.3, -0.25) is 4.90 Å². The lowest BCUT2D eigenvalue weighted by molar-refractivity contribution is 0.229. The molecule has 4 nitrogen and oxygen atoms in total. The second-order valence-corrected chi connectivity index (χ2v) is 3.93. The van der Waals surface area contributed by atoms with Crippen molar-refractivity contribution in [1.29, 1.82) is 0 Å². The Labute approximate surface area is 93.3 Å². The first-order chi connectivity index (χ1) is 7.68. The van der Waals surface area contributed by atoms with Gasteiger partial charge < -0.3 is 15.5 Å². The lowest BCUT2D eigenvalue weighted by Gasteiger charge is -2.27. The van der Waals surface area contributed by atoms with E-state index in [0.29, 0.717) is 12.1 Å². The van der Waals surface area contributed by atoms with Crippen LogP contribution in [-0.4, -0.2) is 41.3 Å². The van der Waals surface area contributed by atoms with Crippen LogP contribution in [0.25, 0.3) is 0 Å². The van der Waals surface area contributed by atoms with Crippen molar-refractivity contribution in [3.05, 3.63) is 23.5 Å². The molecule has 2 rings (SSSR count). The van der Waals surface area contributed by atoms with Gasteiger partial charge in [0.25, 0.3) is 0 Å². The van der Waals surface area contributed by atoms with E-state index in [9.17, 15) is 9.50 Å². The number of phenolic OH excluding ortho intramolecular Hbond substituents is 2. The Morgan fingerprint density at radius 1 is 1.25 bits per heavy atom. The number of hydrogen-bond acceptors (Lipinski definition) is 4. The Balaban J connectivity index is 2.11. The SMILES string of the molecule is Oc1ccc(CN2CCNCC2)c(F)c1O. The number of hydrogen-bond donors (Lipinski definition) is 3. The normalized spacial score (nSPS) is 17.6. The third-order valence-electron chi connectivity index (χ3n) is 2.78. The maximum atomic E-state index is 13.6. The molecule has 1 saturated heterocycles. The fourth-order valence-corrected chi connectivity index (χ4v) is 1.83. The average Bonchev–Trinajstić information content (AvgIpc) is 2.31. The van der Waals surface area contributed by atoms with Gasteiger partial charge in [-0.1, -0.05) is 6.07 Å². The fourth-order valence-electron chi connectivity index (χ4n) is 1.83. The van der Waals surface area contributed by atoms with E-state index in [0.717, 1.165) is 26.2 Å². The highest BCUT2D eigenvalue weighted by Gasteiger charge is 2.16. The highest BCUT2D eigenvalue weighted by Crippen LogP contribution is 2.30. The van der Waals surface area contributed by atoms with Crippen LogP contribution in [0, 0.1) is 5.82 Å². The molecule has 0 aliphatic carbocycles. The van der Waals surface area contributed by atoms with Gasteiger partial charge in [-0.2, -0.15) is 0 Å². The lowest BCUT2D eigenvalue weighted by atomic mass is 10.1. The van der Waals surface area contributed by atoms with Gasteiger partial charge in [-0.25, -0.2) is 4.39 Å². The average molecular weight is 226 g/mol. The summed E-state index contributed by atoms with van der Waals surface area (Å²) in [6, 6.07) is 2.82. The minimum atomic E-state index is -0.724. The molecule has 1 aliphatic heterocycles. The molecular weight excluding hydrogens is 211 g/mol. The number of rotatable bonds is 2. The molecule has 1 aromatic rings. The number of nitrogens with one attached hydrogen (secondary N) is 1. The molecule has 0 spiro atoms. The predicted molar refractivity (Wildman–Crippen MR) is 57.9 cm³/mol. The number of phenols is 2. The van der Waals surface area contributed by atoms with Crippen LogP contribution in [0.3, 0.4) is 0 Å². The van der Waals surface area contributed by atoms with E-state index in [4.69, 9.17) is 5.11 Å². The van der Waals surface area contributed by atoms with Crippen LogP contribution in [0.4, 0.5) is 4.39 Å². The Morgan fingerprint density at radius 3 is 2.62 bits per heavy atom. The van der Waals surface area contributed by atoms with E-state index in [1.807, 2.05) is 0 Å². The zero-order valence-corrected chi connectivity index (χ0v) is 8.91. The molecule has 5 heteroatoms. The number of benzene rings is 1. The number of halogens is 1. The highest BCUT2D eigenvalue weighted by atomic mass is 19.1. The van der Waals surface area contributed by atoms with Gasteiger partial charge in [0.15, 0.2) is 17.3 Å². The Bertz CT molecular complexity index is 378. The van der Waals surface area contributed by atoms with Crippen molar-refractivity contribution in [2.45, 2.75) is 6.54 Å². The molecule has 1 heterocycles. The van der Waals surface area contributed by atoms with Crippen LogP contribution in [-0.2, 0) is 6.54 Å². The van der Waals surface area contributed by atoms with Gasteiger partial charge in [0, 0.05) is 38.3 Å². The molecule has 0 radical (unpaired) electrons. The second kappa shape index (κ2) is 4.67. The van der Waals surface area contributed by atoms with Crippen LogP contribution in [0.5, 0.6) is 11.5 Å². The van der Waals surface area contributed by atoms with Crippen LogP contribution in [0.15, 0.2) is 12.1 Å². The van der Waals surface area contributed by atoms with Crippen LogP contribution < -0.4 is 5.32 Å². The zero-order valence-electron chi connectivity index (χ0n) is 8.91. The first-order valence-corrected chi connectivity index (χ1v) is 5.31. The minimum absolute atomic E-state index is 0.414. The summed E-state index contributed by atoms with van der Waals surface area (Å²) in [4.78, 5) is 2.10. The van der Waals surface area contributed by atoms with E-state index in [1.165, 1.54) is 12.1 Å². The van der Waals surface area contributed by atoms with Gasteiger partial charge in [-0.05, 0) is 6.07 Å². The first kappa shape index (κ1) is 11.2. The fraction of sp³-hybridized carbons (Fsp3) is 0.455. The van der Waals surface area contributed by atoms with Gasteiger partial charge in [-0.15, -0.1) is 0 Å². The summed E-state index contributed by atoms with van der Waals surface area (Å²) in [5, 5.41) is 21.6. The maximum Gasteiger partial charge on any atom is 0.194 e. The molecule has 3 N–H and O–H groups in total. The van der Waals surface area contributed by atoms with E-state index in [-0.39, 0.29) is 0 Å². The van der Waals surface area contributed by atoms with Crippen LogP contribution in [0.2, 0.25) is 0 Å². The summed E-state index contributed by atoms with van der Waals surface area (Å²) in [5.74, 6) is -1.80. The Morgan fingerprint density at radius 2 is 1.94 bits per heavy atom. The van der Waals surface area contributed by atoms with E-state index >= 15 is 0 Å². The van der Waals surface area contributed by atoms with Crippen LogP contribution >= 0.6 is 0 Å². The molecule has 0 aromatic heterocycles. The summed E-state index contributed by atoms with van der Waals surface area (Å²) in [6.45, 7) is 3.97. The Hall–Kier alpha value is -1.33. The number of aromatic hydroxyl groups is 2. The summed E-state index contributed by atoms with van der Waals surface area (Å²) in [7, 11) is 0. The second-order valence-electron chi connectivity index (χ2n) is 3.93. The van der Waals surface area contributed by atoms with Gasteiger partial charge in [0.05, 0.1) is 0 Å². The van der Waals surface area contributed by atoms with Crippen molar-refractivity contribution in [2.75, 3.05) is 26.2 Å². The van der Waals surface area contributed by atoms with Crippen molar-refractivity contribution in [3.8, 4) is 11.5 Å². The predicted octanol–water partition coefficient (Wildman–Crippen LogP) is 0.642. The summed E-state index contributed by atoms with van der Waals surface area (Å²) >= 11 is 0. The molecule has 1 aromatic carbocycles. The van der Waals surface area contributed by atoms with Crippen molar-refractivity contribution < 1.29 is 14.6 Å². The third kappa shape index (κ3) is 2.25. The standard InChI is InChI=1S/C11H15FN2O2/c12-10-8(1-2-9(15)11(10)16)7-14-5-3-13-4-6-14/h1-2,13,15-16H,3-7H2. The molecule has 0 amide bonds. The monoisotopic (exact) mass is 226 g/mol. The first-order valence-electron chi connectivity index (χ1n) is 5.31. The van der Waals surface area contributed by atoms with Gasteiger partial charge in [0.1, 0.15) is 0 Å². The van der Waals surface area contributed by atoms with Gasteiger partial charge >= 0.3 is 0 Å². The number of piperazine rings is 1. The summed E-state index contributed by atoms with van der Waals surface area (Å²) < 4.78 is 13.6. The lowest BCUT2D eigenvalue weighted by Crippen LogP contribution is -2.43. The highest BCUT2D eigenvalue weighted by molar-refractivity contribution is 5.42. The molecule has 0 unspecified atom stereocenters. The zero-order chi connectivity index (χ0) is 11.5. The van der Waals surface area contributed by atoms with Crippen molar-refractivity contribution in [2.24, 2.45) is 0 Å². The molecule has 16 heavy (non-hydrogen) atoms. The largest absolute Gasteiger partial charge is 0.504 e. The molecule has 1 aliphatic rings. The number of nitrogens with zero attached hydrogens (tertiary/aromatic N) is 1. The van der Waals surface area contributed by atoms with Crippen molar-refractivity contribution in [3.63, 3.8) is 0 Å². The molecule has 88 valence electrons. The smallest absolute Gasteiger partial charge is 0.194 e. The van der Waals surface area contributed by atoms with Crippen LogP contribution in [0.1, 0.15) is 5.56 Å². The topological polar surface area (TPSA) is 55.7 Å². The molecular formula is C11H15FN2O2. The molecule has 0 atom stereocenters. The minimum Gasteiger partial charge on any atom is -0.504 e. The molecule has 1 fully saturated rings. The van der Waals surface area contributed by atoms with Gasteiger partial charge in [0.2, 0.25) is 0 Å². The van der Waals surface area contributed by atoms with E-state index in [2.05, 4.69) is 10.2 Å². The maximum absolute atomic E-state index is 13.6. The Kier molecular flexibility index (Phi) is 3.26. The van der Waals surface area contributed by atoms with E-state index in [1.54, 1.807) is 0 Å². The quantitative estimate of drug-likeness (QED) is 0.648.